The molecule has 4 heteroatoms. The van der Waals surface area contributed by atoms with Crippen LogP contribution in [-0.2, 0) is 17.6 Å². The van der Waals surface area contributed by atoms with Crippen LogP contribution in [-0.4, -0.2) is 37.6 Å². The maximum absolute atomic E-state index is 12.9. The average molecular weight is 367 g/mol. The Balaban J connectivity index is 1.62. The van der Waals surface area contributed by atoms with Gasteiger partial charge in [-0.15, -0.1) is 0 Å². The highest BCUT2D eigenvalue weighted by atomic mass is 16.5. The maximum atomic E-state index is 12.9. The second-order valence-electron chi connectivity index (χ2n) is 7.23. The minimum Gasteiger partial charge on any atom is -0.493 e. The minimum absolute atomic E-state index is 0.231. The first-order valence-electron chi connectivity index (χ1n) is 9.67. The molecular weight excluding hydrogens is 338 g/mol. The zero-order valence-corrected chi connectivity index (χ0v) is 16.5. The molecule has 0 aromatic heterocycles. The van der Waals surface area contributed by atoms with Crippen molar-refractivity contribution in [2.75, 3.05) is 20.8 Å². The fourth-order valence-electron chi connectivity index (χ4n) is 3.91. The number of aryl methyl sites for hydroxylation is 2. The Labute approximate surface area is 162 Å². The molecule has 1 aliphatic heterocycles. The van der Waals surface area contributed by atoms with E-state index in [2.05, 4.69) is 36.1 Å². The molecule has 1 fully saturated rings. The predicted octanol–water partition coefficient (Wildman–Crippen LogP) is 4.18. The van der Waals surface area contributed by atoms with Crippen LogP contribution in [0.4, 0.5) is 0 Å². The summed E-state index contributed by atoms with van der Waals surface area (Å²) in [5, 5.41) is 0. The summed E-state index contributed by atoms with van der Waals surface area (Å²) >= 11 is 0. The van der Waals surface area contributed by atoms with E-state index in [1.54, 1.807) is 14.2 Å². The van der Waals surface area contributed by atoms with Crippen molar-refractivity contribution in [1.29, 1.82) is 0 Å². The van der Waals surface area contributed by atoms with E-state index in [0.717, 1.165) is 37.1 Å². The van der Waals surface area contributed by atoms with Gasteiger partial charge in [0.1, 0.15) is 0 Å². The van der Waals surface area contributed by atoms with E-state index in [9.17, 15) is 4.79 Å². The third kappa shape index (κ3) is 4.62. The number of hydrogen-bond acceptors (Lipinski definition) is 3. The molecule has 1 atom stereocenters. The summed E-state index contributed by atoms with van der Waals surface area (Å²) in [6, 6.07) is 14.8. The highest BCUT2D eigenvalue weighted by Gasteiger charge is 2.28. The number of carbonyl (C=O) groups excluding carboxylic acids is 1. The first-order chi connectivity index (χ1) is 13.1. The van der Waals surface area contributed by atoms with Gasteiger partial charge in [-0.3, -0.25) is 4.79 Å². The van der Waals surface area contributed by atoms with E-state index in [-0.39, 0.29) is 5.91 Å². The van der Waals surface area contributed by atoms with E-state index in [4.69, 9.17) is 9.47 Å². The van der Waals surface area contributed by atoms with Crippen molar-refractivity contribution >= 4 is 5.91 Å². The molecule has 1 aliphatic rings. The third-order valence-electron chi connectivity index (χ3n) is 5.38. The topological polar surface area (TPSA) is 38.8 Å². The number of carbonyl (C=O) groups is 1. The second kappa shape index (κ2) is 8.94. The van der Waals surface area contributed by atoms with Crippen LogP contribution in [0.25, 0.3) is 0 Å². The molecule has 0 spiro atoms. The SMILES string of the molecule is COc1cccc(CCC(=O)N2CCCC2Cc2ccc(C)cc2)c1OC. The molecule has 0 aliphatic carbocycles. The van der Waals surface area contributed by atoms with Crippen LogP contribution in [0, 0.1) is 6.92 Å². The standard InChI is InChI=1S/C23H29NO3/c1-17-9-11-18(12-10-17)16-20-7-5-15-24(20)22(25)14-13-19-6-4-8-21(26-2)23(19)27-3/h4,6,8-12,20H,5,7,13-16H2,1-3H3. The highest BCUT2D eigenvalue weighted by molar-refractivity contribution is 5.77. The Morgan fingerprint density at radius 1 is 1.11 bits per heavy atom. The van der Waals surface area contributed by atoms with Crippen molar-refractivity contribution in [3.8, 4) is 11.5 Å². The first kappa shape index (κ1) is 19.3. The fraction of sp³-hybridized carbons (Fsp3) is 0.435. The van der Waals surface area contributed by atoms with Gasteiger partial charge in [0.05, 0.1) is 14.2 Å². The van der Waals surface area contributed by atoms with E-state index >= 15 is 0 Å². The van der Waals surface area contributed by atoms with Gasteiger partial charge >= 0.3 is 0 Å². The predicted molar refractivity (Wildman–Crippen MR) is 107 cm³/mol. The lowest BCUT2D eigenvalue weighted by molar-refractivity contribution is -0.131. The summed E-state index contributed by atoms with van der Waals surface area (Å²) in [6.07, 6.45) is 4.27. The van der Waals surface area contributed by atoms with E-state index in [1.165, 1.54) is 11.1 Å². The molecule has 1 saturated heterocycles. The Bertz CT molecular complexity index is 770. The normalized spacial score (nSPS) is 16.4. The molecule has 144 valence electrons. The van der Waals surface area contributed by atoms with Gasteiger partial charge in [0.25, 0.3) is 0 Å². The second-order valence-corrected chi connectivity index (χ2v) is 7.23. The van der Waals surface area contributed by atoms with Gasteiger partial charge in [0, 0.05) is 19.0 Å². The summed E-state index contributed by atoms with van der Waals surface area (Å²) in [5.74, 6) is 1.67. The van der Waals surface area contributed by atoms with Crippen LogP contribution >= 0.6 is 0 Å². The molecule has 0 N–H and O–H groups in total. The molecule has 0 radical (unpaired) electrons. The van der Waals surface area contributed by atoms with Gasteiger partial charge in [-0.05, 0) is 49.8 Å². The Morgan fingerprint density at radius 3 is 2.59 bits per heavy atom. The molecule has 1 heterocycles. The van der Waals surface area contributed by atoms with Crippen LogP contribution in [0.1, 0.15) is 36.0 Å². The van der Waals surface area contributed by atoms with Gasteiger partial charge in [-0.25, -0.2) is 0 Å². The Morgan fingerprint density at radius 2 is 1.89 bits per heavy atom. The molecule has 2 aromatic rings. The largest absolute Gasteiger partial charge is 0.493 e. The number of nitrogens with zero attached hydrogens (tertiary/aromatic N) is 1. The van der Waals surface area contributed by atoms with E-state index in [1.807, 2.05) is 18.2 Å². The zero-order chi connectivity index (χ0) is 19.2. The molecule has 4 nitrogen and oxygen atoms in total. The van der Waals surface area contributed by atoms with Crippen LogP contribution in [0.3, 0.4) is 0 Å². The lowest BCUT2D eigenvalue weighted by Gasteiger charge is -2.25. The van der Waals surface area contributed by atoms with Gasteiger partial charge in [-0.2, -0.15) is 0 Å². The van der Waals surface area contributed by atoms with Crippen molar-refractivity contribution in [1.82, 2.24) is 4.90 Å². The summed E-state index contributed by atoms with van der Waals surface area (Å²) in [6.45, 7) is 2.96. The lowest BCUT2D eigenvalue weighted by atomic mass is 10.0. The number of ether oxygens (including phenoxy) is 2. The molecule has 2 aromatic carbocycles. The molecule has 0 saturated carbocycles. The minimum atomic E-state index is 0.231. The van der Waals surface area contributed by atoms with Crippen molar-refractivity contribution in [3.05, 3.63) is 59.2 Å². The van der Waals surface area contributed by atoms with Crippen molar-refractivity contribution in [2.24, 2.45) is 0 Å². The Hall–Kier alpha value is -2.49. The smallest absolute Gasteiger partial charge is 0.223 e. The fourth-order valence-corrected chi connectivity index (χ4v) is 3.91. The van der Waals surface area contributed by atoms with Crippen LogP contribution in [0.2, 0.25) is 0 Å². The van der Waals surface area contributed by atoms with Gasteiger partial charge in [0.15, 0.2) is 11.5 Å². The number of amides is 1. The van der Waals surface area contributed by atoms with Crippen LogP contribution < -0.4 is 9.47 Å². The highest BCUT2D eigenvalue weighted by Crippen LogP contribution is 2.32. The van der Waals surface area contributed by atoms with Gasteiger partial charge < -0.3 is 14.4 Å². The van der Waals surface area contributed by atoms with Crippen molar-refractivity contribution in [3.63, 3.8) is 0 Å². The molecule has 1 amide bonds. The molecular formula is C23H29NO3. The van der Waals surface area contributed by atoms with Crippen LogP contribution in [0.5, 0.6) is 11.5 Å². The van der Waals surface area contributed by atoms with E-state index < -0.39 is 0 Å². The third-order valence-corrected chi connectivity index (χ3v) is 5.38. The number of hydrogen-bond donors (Lipinski definition) is 0. The van der Waals surface area contributed by atoms with Crippen molar-refractivity contribution in [2.45, 2.75) is 45.1 Å². The van der Waals surface area contributed by atoms with Crippen molar-refractivity contribution < 1.29 is 14.3 Å². The lowest BCUT2D eigenvalue weighted by Crippen LogP contribution is -2.36. The monoisotopic (exact) mass is 367 g/mol. The average Bonchev–Trinajstić information content (AvgIpc) is 3.15. The quantitative estimate of drug-likeness (QED) is 0.737. The summed E-state index contributed by atoms with van der Waals surface area (Å²) in [4.78, 5) is 15.0. The first-order valence-corrected chi connectivity index (χ1v) is 9.67. The Kier molecular flexibility index (Phi) is 6.38. The number of benzene rings is 2. The summed E-state index contributed by atoms with van der Waals surface area (Å²) < 4.78 is 10.8. The maximum Gasteiger partial charge on any atom is 0.223 e. The number of para-hydroxylation sites is 1. The van der Waals surface area contributed by atoms with Gasteiger partial charge in [-0.1, -0.05) is 42.0 Å². The molecule has 0 bridgehead atoms. The molecule has 3 rings (SSSR count). The summed E-state index contributed by atoms with van der Waals surface area (Å²) in [7, 11) is 3.27. The number of likely N-dealkylation sites (tertiary alicyclic amines) is 1. The van der Waals surface area contributed by atoms with E-state index in [0.29, 0.717) is 24.6 Å². The number of rotatable bonds is 7. The van der Waals surface area contributed by atoms with Gasteiger partial charge in [0.2, 0.25) is 5.91 Å². The number of methoxy groups -OCH3 is 2. The summed E-state index contributed by atoms with van der Waals surface area (Å²) in [5.41, 5.74) is 3.59. The molecule has 27 heavy (non-hydrogen) atoms. The zero-order valence-electron chi connectivity index (χ0n) is 16.5. The molecule has 1 unspecified atom stereocenters. The van der Waals surface area contributed by atoms with Crippen LogP contribution in [0.15, 0.2) is 42.5 Å².